The van der Waals surface area contributed by atoms with Crippen LogP contribution in [0.5, 0.6) is 0 Å². The van der Waals surface area contributed by atoms with Crippen molar-refractivity contribution in [3.8, 4) is 0 Å². The van der Waals surface area contributed by atoms with E-state index in [1.54, 1.807) is 13.0 Å². The molecule has 1 saturated heterocycles. The van der Waals surface area contributed by atoms with Gasteiger partial charge in [0.15, 0.2) is 5.78 Å². The number of nitrogens with zero attached hydrogens (tertiary/aromatic N) is 2. The Morgan fingerprint density at radius 3 is 2.60 bits per heavy atom. The molecule has 2 heterocycles. The zero-order valence-electron chi connectivity index (χ0n) is 11.2. The normalized spacial score (nSPS) is 17.1. The monoisotopic (exact) mass is 334 g/mol. The van der Waals surface area contributed by atoms with Gasteiger partial charge in [0.2, 0.25) is 5.91 Å². The lowest BCUT2D eigenvalue weighted by atomic mass is 10.2. The number of rotatable bonds is 3. The Labute approximate surface area is 132 Å². The molecule has 20 heavy (non-hydrogen) atoms. The van der Waals surface area contributed by atoms with E-state index in [0.29, 0.717) is 33.9 Å². The predicted octanol–water partition coefficient (Wildman–Crippen LogP) is 2.79. The lowest BCUT2D eigenvalue weighted by molar-refractivity contribution is -0.128. The molecule has 0 radical (unpaired) electrons. The molecule has 1 aromatic heterocycles. The van der Waals surface area contributed by atoms with Gasteiger partial charge in [0.05, 0.1) is 16.4 Å². The van der Waals surface area contributed by atoms with E-state index in [2.05, 4.69) is 4.90 Å². The third kappa shape index (κ3) is 3.95. The Morgan fingerprint density at radius 2 is 2.00 bits per heavy atom. The molecule has 0 aliphatic carbocycles. The fraction of sp³-hybridized carbons (Fsp3) is 0.538. The minimum absolute atomic E-state index is 0.0191. The van der Waals surface area contributed by atoms with Gasteiger partial charge in [-0.25, -0.2) is 0 Å². The van der Waals surface area contributed by atoms with Crippen molar-refractivity contribution in [3.05, 3.63) is 20.3 Å². The Morgan fingerprint density at radius 1 is 1.25 bits per heavy atom. The first-order valence-corrected chi connectivity index (χ1v) is 8.00. The van der Waals surface area contributed by atoms with Crippen molar-refractivity contribution in [1.29, 1.82) is 0 Å². The molecule has 1 aliphatic heterocycles. The molecule has 110 valence electrons. The first-order valence-electron chi connectivity index (χ1n) is 6.43. The van der Waals surface area contributed by atoms with Crippen molar-refractivity contribution < 1.29 is 9.59 Å². The van der Waals surface area contributed by atoms with Crippen molar-refractivity contribution >= 4 is 46.2 Å². The van der Waals surface area contributed by atoms with Crippen LogP contribution in [0.15, 0.2) is 6.07 Å². The van der Waals surface area contributed by atoms with E-state index in [0.717, 1.165) is 19.5 Å². The zero-order valence-corrected chi connectivity index (χ0v) is 13.5. The number of halogens is 2. The SMILES string of the molecule is CC(=O)N1CCCN(CC(=O)c2cc(Cl)sc2Cl)CC1. The number of hydrogen-bond donors (Lipinski definition) is 0. The van der Waals surface area contributed by atoms with Gasteiger partial charge in [0.1, 0.15) is 4.34 Å². The molecule has 1 amide bonds. The second-order valence-corrected chi connectivity index (χ2v) is 7.08. The van der Waals surface area contributed by atoms with Crippen LogP contribution in [0.2, 0.25) is 8.67 Å². The van der Waals surface area contributed by atoms with E-state index in [4.69, 9.17) is 23.2 Å². The highest BCUT2D eigenvalue weighted by atomic mass is 35.5. The number of amides is 1. The number of carbonyl (C=O) groups excluding carboxylic acids is 2. The molecule has 4 nitrogen and oxygen atoms in total. The van der Waals surface area contributed by atoms with E-state index in [-0.39, 0.29) is 11.7 Å². The molecule has 2 rings (SSSR count). The number of Topliss-reactive ketones (excluding diaryl/α,β-unsaturated/α-hetero) is 1. The molecule has 1 aliphatic rings. The minimum atomic E-state index is -0.0191. The summed E-state index contributed by atoms with van der Waals surface area (Å²) in [5, 5.41) is 0. The van der Waals surface area contributed by atoms with Gasteiger partial charge in [-0.1, -0.05) is 23.2 Å². The molecule has 0 atom stereocenters. The highest BCUT2D eigenvalue weighted by Gasteiger charge is 2.21. The molecule has 0 spiro atoms. The lowest BCUT2D eigenvalue weighted by Crippen LogP contribution is -2.35. The molecule has 7 heteroatoms. The van der Waals surface area contributed by atoms with Crippen LogP contribution in [0.25, 0.3) is 0 Å². The summed E-state index contributed by atoms with van der Waals surface area (Å²) in [5.74, 6) is 0.0697. The largest absolute Gasteiger partial charge is 0.342 e. The summed E-state index contributed by atoms with van der Waals surface area (Å²) in [7, 11) is 0. The summed E-state index contributed by atoms with van der Waals surface area (Å²) in [6.07, 6.45) is 0.880. The smallest absolute Gasteiger partial charge is 0.219 e. The van der Waals surface area contributed by atoms with Crippen molar-refractivity contribution in [2.24, 2.45) is 0 Å². The summed E-state index contributed by atoms with van der Waals surface area (Å²) >= 11 is 13.1. The van der Waals surface area contributed by atoms with Gasteiger partial charge in [0.25, 0.3) is 0 Å². The van der Waals surface area contributed by atoms with Crippen LogP contribution in [0, 0.1) is 0 Å². The first-order chi connectivity index (χ1) is 9.47. The quantitative estimate of drug-likeness (QED) is 0.798. The molecule has 0 aromatic carbocycles. The van der Waals surface area contributed by atoms with Crippen LogP contribution in [0.4, 0.5) is 0 Å². The van der Waals surface area contributed by atoms with Crippen LogP contribution < -0.4 is 0 Å². The van der Waals surface area contributed by atoms with Crippen LogP contribution in [0.1, 0.15) is 23.7 Å². The van der Waals surface area contributed by atoms with Gasteiger partial charge in [0, 0.05) is 33.1 Å². The Balaban J connectivity index is 1.95. The Bertz CT molecular complexity index is 518. The van der Waals surface area contributed by atoms with Crippen molar-refractivity contribution in [1.82, 2.24) is 9.80 Å². The minimum Gasteiger partial charge on any atom is -0.342 e. The van der Waals surface area contributed by atoms with Crippen molar-refractivity contribution in [2.75, 3.05) is 32.7 Å². The molecular weight excluding hydrogens is 319 g/mol. The third-order valence-electron chi connectivity index (χ3n) is 3.36. The van der Waals surface area contributed by atoms with Gasteiger partial charge in [-0.15, -0.1) is 11.3 Å². The van der Waals surface area contributed by atoms with E-state index in [1.807, 2.05) is 4.90 Å². The number of carbonyl (C=O) groups is 2. The van der Waals surface area contributed by atoms with Crippen LogP contribution in [-0.2, 0) is 4.79 Å². The summed E-state index contributed by atoms with van der Waals surface area (Å²) in [6, 6.07) is 1.62. The summed E-state index contributed by atoms with van der Waals surface area (Å²) < 4.78 is 0.970. The van der Waals surface area contributed by atoms with E-state index >= 15 is 0 Å². The second kappa shape index (κ2) is 6.89. The zero-order chi connectivity index (χ0) is 14.7. The van der Waals surface area contributed by atoms with Crippen molar-refractivity contribution in [3.63, 3.8) is 0 Å². The Kier molecular flexibility index (Phi) is 5.43. The fourth-order valence-electron chi connectivity index (χ4n) is 2.26. The van der Waals surface area contributed by atoms with Crippen LogP contribution in [-0.4, -0.2) is 54.2 Å². The molecule has 1 aromatic rings. The maximum absolute atomic E-state index is 12.2. The van der Waals surface area contributed by atoms with Crippen molar-refractivity contribution in [2.45, 2.75) is 13.3 Å². The highest BCUT2D eigenvalue weighted by molar-refractivity contribution is 7.20. The average molecular weight is 335 g/mol. The van der Waals surface area contributed by atoms with Gasteiger partial charge in [-0.3, -0.25) is 14.5 Å². The summed E-state index contributed by atoms with van der Waals surface area (Å²) in [6.45, 7) is 4.84. The molecular formula is C13H16Cl2N2O2S. The standard InChI is InChI=1S/C13H16Cl2N2O2S/c1-9(18)17-4-2-3-16(5-6-17)8-11(19)10-7-12(14)20-13(10)15/h7H,2-6,8H2,1H3. The van der Waals surface area contributed by atoms with Gasteiger partial charge < -0.3 is 4.90 Å². The molecule has 1 fully saturated rings. The Hall–Kier alpha value is -0.620. The van der Waals surface area contributed by atoms with Crippen LogP contribution >= 0.6 is 34.5 Å². The van der Waals surface area contributed by atoms with Gasteiger partial charge in [-0.2, -0.15) is 0 Å². The van der Waals surface area contributed by atoms with Crippen LogP contribution in [0.3, 0.4) is 0 Å². The van der Waals surface area contributed by atoms with Gasteiger partial charge in [-0.05, 0) is 12.5 Å². The average Bonchev–Trinajstić information content (AvgIpc) is 2.60. The van der Waals surface area contributed by atoms with E-state index in [9.17, 15) is 9.59 Å². The second-order valence-electron chi connectivity index (χ2n) is 4.80. The third-order valence-corrected chi connectivity index (χ3v) is 4.85. The molecule has 0 unspecified atom stereocenters. The molecule has 0 N–H and O–H groups in total. The summed E-state index contributed by atoms with van der Waals surface area (Å²) in [4.78, 5) is 27.5. The van der Waals surface area contributed by atoms with Gasteiger partial charge >= 0.3 is 0 Å². The maximum Gasteiger partial charge on any atom is 0.219 e. The van der Waals surface area contributed by atoms with E-state index < -0.39 is 0 Å². The molecule has 0 bridgehead atoms. The maximum atomic E-state index is 12.2. The number of ketones is 1. The highest BCUT2D eigenvalue weighted by Crippen LogP contribution is 2.31. The fourth-order valence-corrected chi connectivity index (χ4v) is 3.76. The predicted molar refractivity (Wildman–Crippen MR) is 82.0 cm³/mol. The summed E-state index contributed by atoms with van der Waals surface area (Å²) in [5.41, 5.74) is 0.495. The van der Waals surface area contributed by atoms with E-state index in [1.165, 1.54) is 11.3 Å². The number of thiophene rings is 1. The number of hydrogen-bond acceptors (Lipinski definition) is 4. The topological polar surface area (TPSA) is 40.6 Å². The first kappa shape index (κ1) is 15.8. The lowest BCUT2D eigenvalue weighted by Gasteiger charge is -2.20. The molecule has 0 saturated carbocycles.